The smallest absolute Gasteiger partial charge is 0.197 e. The van der Waals surface area contributed by atoms with Crippen molar-refractivity contribution >= 4 is 5.78 Å². The monoisotopic (exact) mass is 263 g/mol. The van der Waals surface area contributed by atoms with Gasteiger partial charge in [0, 0.05) is 17.8 Å². The molecule has 0 unspecified atom stereocenters. The molecule has 0 aliphatic heterocycles. The molecule has 0 bridgehead atoms. The average molecular weight is 263 g/mol. The van der Waals surface area contributed by atoms with E-state index < -0.39 is 17.4 Å². The molecule has 0 atom stereocenters. The van der Waals surface area contributed by atoms with Gasteiger partial charge in [-0.1, -0.05) is 0 Å². The first-order chi connectivity index (χ1) is 9.11. The number of halogens is 2. The average Bonchev–Trinajstić information content (AvgIpc) is 2.39. The van der Waals surface area contributed by atoms with E-state index in [0.717, 1.165) is 12.1 Å². The number of ketones is 1. The third-order valence-corrected chi connectivity index (χ3v) is 2.46. The fourth-order valence-electron chi connectivity index (χ4n) is 1.62. The molecule has 19 heavy (non-hydrogen) atoms. The van der Waals surface area contributed by atoms with Crippen LogP contribution in [0.25, 0.3) is 0 Å². The molecule has 0 spiro atoms. The molecule has 1 aromatic heterocycles. The van der Waals surface area contributed by atoms with E-state index in [1.54, 1.807) is 6.92 Å². The van der Waals surface area contributed by atoms with Crippen LogP contribution in [0.1, 0.15) is 22.8 Å². The van der Waals surface area contributed by atoms with Gasteiger partial charge in [-0.05, 0) is 25.1 Å². The molecule has 0 saturated heterocycles. The van der Waals surface area contributed by atoms with E-state index in [9.17, 15) is 13.6 Å². The van der Waals surface area contributed by atoms with Crippen molar-refractivity contribution in [3.63, 3.8) is 0 Å². The van der Waals surface area contributed by atoms with E-state index in [4.69, 9.17) is 4.74 Å². The lowest BCUT2D eigenvalue weighted by Gasteiger charge is -2.05. The van der Waals surface area contributed by atoms with Gasteiger partial charge >= 0.3 is 0 Å². The minimum absolute atomic E-state index is 0.191. The Bertz CT molecular complexity index is 614. The third-order valence-electron chi connectivity index (χ3n) is 2.46. The molecule has 1 heterocycles. The van der Waals surface area contributed by atoms with E-state index >= 15 is 0 Å². The van der Waals surface area contributed by atoms with Gasteiger partial charge in [-0.25, -0.2) is 8.78 Å². The molecule has 2 rings (SSSR count). The molecule has 3 nitrogen and oxygen atoms in total. The Hall–Kier alpha value is -2.30. The van der Waals surface area contributed by atoms with Crippen molar-refractivity contribution in [1.82, 2.24) is 4.98 Å². The number of hydrogen-bond acceptors (Lipinski definition) is 3. The summed E-state index contributed by atoms with van der Waals surface area (Å²) in [5.74, 6) is -1.76. The van der Waals surface area contributed by atoms with Crippen molar-refractivity contribution in [2.24, 2.45) is 0 Å². The minimum atomic E-state index is -0.896. The molecular weight excluding hydrogens is 252 g/mol. The first-order valence-electron chi connectivity index (χ1n) is 5.69. The van der Waals surface area contributed by atoms with E-state index in [-0.39, 0.29) is 11.1 Å². The number of rotatable bonds is 4. The molecule has 0 fully saturated rings. The van der Waals surface area contributed by atoms with Gasteiger partial charge in [0.1, 0.15) is 17.4 Å². The first kappa shape index (κ1) is 13.1. The second-order valence-electron chi connectivity index (χ2n) is 3.80. The van der Waals surface area contributed by atoms with E-state index in [1.807, 2.05) is 0 Å². The molecular formula is C14H11F2NO2. The van der Waals surface area contributed by atoms with Gasteiger partial charge in [-0.15, -0.1) is 0 Å². The van der Waals surface area contributed by atoms with Gasteiger partial charge in [-0.3, -0.25) is 9.78 Å². The molecule has 1 aromatic carbocycles. The zero-order chi connectivity index (χ0) is 13.8. The van der Waals surface area contributed by atoms with Crippen molar-refractivity contribution in [1.29, 1.82) is 0 Å². The molecule has 0 radical (unpaired) electrons. The lowest BCUT2D eigenvalue weighted by Crippen LogP contribution is -2.06. The number of carbonyl (C=O) groups is 1. The van der Waals surface area contributed by atoms with Crippen LogP contribution in [0.5, 0.6) is 5.75 Å². The predicted octanol–water partition coefficient (Wildman–Crippen LogP) is 2.99. The zero-order valence-electron chi connectivity index (χ0n) is 10.2. The van der Waals surface area contributed by atoms with Crippen LogP contribution in [-0.2, 0) is 0 Å². The van der Waals surface area contributed by atoms with Gasteiger partial charge in [0.15, 0.2) is 5.78 Å². The number of aromatic nitrogens is 1. The molecule has 98 valence electrons. The summed E-state index contributed by atoms with van der Waals surface area (Å²) in [6, 6.07) is 4.30. The predicted molar refractivity (Wildman–Crippen MR) is 65.2 cm³/mol. The normalized spacial score (nSPS) is 10.3. The summed E-state index contributed by atoms with van der Waals surface area (Å²) < 4.78 is 31.5. The maximum Gasteiger partial charge on any atom is 0.197 e. The molecule has 0 aliphatic rings. The number of pyridine rings is 1. The number of benzene rings is 1. The van der Waals surface area contributed by atoms with Crippen molar-refractivity contribution in [3.05, 3.63) is 59.4 Å². The Morgan fingerprint density at radius 3 is 2.74 bits per heavy atom. The highest BCUT2D eigenvalue weighted by Crippen LogP contribution is 2.17. The lowest BCUT2D eigenvalue weighted by atomic mass is 10.0. The molecule has 2 aromatic rings. The first-order valence-corrected chi connectivity index (χ1v) is 5.69. The Morgan fingerprint density at radius 1 is 1.26 bits per heavy atom. The number of ether oxygens (including phenoxy) is 1. The topological polar surface area (TPSA) is 39.2 Å². The summed E-state index contributed by atoms with van der Waals surface area (Å²) in [6.07, 6.45) is 2.77. The van der Waals surface area contributed by atoms with Gasteiger partial charge in [-0.2, -0.15) is 0 Å². The molecule has 5 heteroatoms. The second-order valence-corrected chi connectivity index (χ2v) is 3.80. The Kier molecular flexibility index (Phi) is 3.85. The summed E-state index contributed by atoms with van der Waals surface area (Å²) in [4.78, 5) is 15.9. The molecule has 0 aliphatic carbocycles. The van der Waals surface area contributed by atoms with Crippen LogP contribution in [0.3, 0.4) is 0 Å². The lowest BCUT2D eigenvalue weighted by molar-refractivity contribution is 0.103. The number of hydrogen-bond donors (Lipinski definition) is 0. The Morgan fingerprint density at radius 2 is 2.05 bits per heavy atom. The van der Waals surface area contributed by atoms with Crippen molar-refractivity contribution in [2.75, 3.05) is 6.61 Å². The second kappa shape index (κ2) is 5.56. The van der Waals surface area contributed by atoms with E-state index in [0.29, 0.717) is 18.4 Å². The summed E-state index contributed by atoms with van der Waals surface area (Å²) >= 11 is 0. The highest BCUT2D eigenvalue weighted by atomic mass is 19.1. The minimum Gasteiger partial charge on any atom is -0.492 e. The molecule has 0 N–H and O–H groups in total. The standard InChI is InChI=1S/C14H11F2NO2/c1-2-19-11-5-9(7-17-8-11)14(18)12-4-3-10(15)6-13(12)16/h3-8H,2H2,1H3. The van der Waals surface area contributed by atoms with Crippen LogP contribution in [0, 0.1) is 11.6 Å². The van der Waals surface area contributed by atoms with Crippen LogP contribution >= 0.6 is 0 Å². The van der Waals surface area contributed by atoms with Crippen molar-refractivity contribution in [3.8, 4) is 5.75 Å². The summed E-state index contributed by atoms with van der Waals surface area (Å²) in [6.45, 7) is 2.23. The van der Waals surface area contributed by atoms with Crippen LogP contribution in [0.4, 0.5) is 8.78 Å². The van der Waals surface area contributed by atoms with Crippen molar-refractivity contribution < 1.29 is 18.3 Å². The highest BCUT2D eigenvalue weighted by Gasteiger charge is 2.15. The fraction of sp³-hybridized carbons (Fsp3) is 0.143. The highest BCUT2D eigenvalue weighted by molar-refractivity contribution is 6.09. The largest absolute Gasteiger partial charge is 0.492 e. The Labute approximate surface area is 108 Å². The quantitative estimate of drug-likeness (QED) is 0.796. The van der Waals surface area contributed by atoms with Gasteiger partial charge < -0.3 is 4.74 Å². The third kappa shape index (κ3) is 2.93. The zero-order valence-corrected chi connectivity index (χ0v) is 10.2. The van der Waals surface area contributed by atoms with Gasteiger partial charge in [0.05, 0.1) is 18.4 Å². The summed E-state index contributed by atoms with van der Waals surface area (Å²) in [5.41, 5.74) is -0.00620. The summed E-state index contributed by atoms with van der Waals surface area (Å²) in [7, 11) is 0. The maximum atomic E-state index is 13.5. The SMILES string of the molecule is CCOc1cncc(C(=O)c2ccc(F)cc2F)c1. The maximum absolute atomic E-state index is 13.5. The van der Waals surface area contributed by atoms with E-state index in [1.165, 1.54) is 18.5 Å². The summed E-state index contributed by atoms with van der Waals surface area (Å²) in [5, 5.41) is 0. The van der Waals surface area contributed by atoms with Crippen LogP contribution in [0.15, 0.2) is 36.7 Å². The van der Waals surface area contributed by atoms with Crippen LogP contribution < -0.4 is 4.74 Å². The van der Waals surface area contributed by atoms with Gasteiger partial charge in [0.2, 0.25) is 0 Å². The number of carbonyl (C=O) groups excluding carboxylic acids is 1. The molecule has 0 saturated carbocycles. The van der Waals surface area contributed by atoms with Crippen molar-refractivity contribution in [2.45, 2.75) is 6.92 Å². The Balaban J connectivity index is 2.35. The van der Waals surface area contributed by atoms with Crippen LogP contribution in [-0.4, -0.2) is 17.4 Å². The van der Waals surface area contributed by atoms with Crippen LogP contribution in [0.2, 0.25) is 0 Å². The fourth-order valence-corrected chi connectivity index (χ4v) is 1.62. The van der Waals surface area contributed by atoms with Gasteiger partial charge in [0.25, 0.3) is 0 Å². The van der Waals surface area contributed by atoms with E-state index in [2.05, 4.69) is 4.98 Å². The number of nitrogens with zero attached hydrogens (tertiary/aromatic N) is 1. The molecule has 0 amide bonds.